The molecule has 2 aromatic carbocycles. The van der Waals surface area contributed by atoms with E-state index in [1.54, 1.807) is 12.1 Å². The second-order valence-corrected chi connectivity index (χ2v) is 4.51. The molecule has 2 nitrogen and oxygen atoms in total. The standard InChI is InChI=1S/C16H19NO/c1-3-13-6-4-8-15(10-13)17-12(2)14-7-5-9-16(18)11-14/h4-12,17-18H,3H2,1-2H3. The summed E-state index contributed by atoms with van der Waals surface area (Å²) < 4.78 is 0. The fourth-order valence-corrected chi connectivity index (χ4v) is 2.01. The Morgan fingerprint density at radius 3 is 2.61 bits per heavy atom. The van der Waals surface area contributed by atoms with Crippen molar-refractivity contribution < 1.29 is 5.11 Å². The van der Waals surface area contributed by atoms with E-state index in [0.29, 0.717) is 5.75 Å². The molecule has 0 heterocycles. The molecular formula is C16H19NO. The molecule has 2 N–H and O–H groups in total. The first-order chi connectivity index (χ1) is 8.69. The molecule has 2 heteroatoms. The molecule has 0 spiro atoms. The van der Waals surface area contributed by atoms with Crippen molar-refractivity contribution in [1.29, 1.82) is 0 Å². The minimum absolute atomic E-state index is 0.171. The molecule has 0 aliphatic rings. The van der Waals surface area contributed by atoms with E-state index in [2.05, 4.69) is 43.4 Å². The topological polar surface area (TPSA) is 32.3 Å². The summed E-state index contributed by atoms with van der Waals surface area (Å²) in [6, 6.07) is 16.0. The van der Waals surface area contributed by atoms with E-state index in [1.165, 1.54) is 5.56 Å². The predicted molar refractivity (Wildman–Crippen MR) is 76.0 cm³/mol. The Kier molecular flexibility index (Phi) is 3.88. The molecule has 0 amide bonds. The molecule has 0 aliphatic carbocycles. The maximum atomic E-state index is 9.48. The van der Waals surface area contributed by atoms with Gasteiger partial charge in [0.25, 0.3) is 0 Å². The van der Waals surface area contributed by atoms with E-state index in [9.17, 15) is 5.11 Å². The zero-order valence-corrected chi connectivity index (χ0v) is 10.9. The fourth-order valence-electron chi connectivity index (χ4n) is 2.01. The highest BCUT2D eigenvalue weighted by atomic mass is 16.3. The third-order valence-electron chi connectivity index (χ3n) is 3.09. The van der Waals surface area contributed by atoms with Crippen LogP contribution in [0.1, 0.15) is 31.0 Å². The van der Waals surface area contributed by atoms with Crippen molar-refractivity contribution in [3.8, 4) is 5.75 Å². The van der Waals surface area contributed by atoms with Crippen LogP contribution >= 0.6 is 0 Å². The number of aromatic hydroxyl groups is 1. The third-order valence-corrected chi connectivity index (χ3v) is 3.09. The van der Waals surface area contributed by atoms with Crippen LogP contribution in [0.5, 0.6) is 5.75 Å². The van der Waals surface area contributed by atoms with Crippen molar-refractivity contribution in [3.05, 3.63) is 59.7 Å². The normalized spacial score (nSPS) is 12.1. The van der Waals surface area contributed by atoms with Crippen LogP contribution in [0, 0.1) is 0 Å². The van der Waals surface area contributed by atoms with Gasteiger partial charge >= 0.3 is 0 Å². The molecule has 0 aliphatic heterocycles. The monoisotopic (exact) mass is 241 g/mol. The fraction of sp³-hybridized carbons (Fsp3) is 0.250. The molecule has 2 rings (SSSR count). The van der Waals surface area contributed by atoms with E-state index in [-0.39, 0.29) is 6.04 Å². The van der Waals surface area contributed by atoms with Gasteiger partial charge in [0.15, 0.2) is 0 Å². The molecule has 0 saturated heterocycles. The predicted octanol–water partition coefficient (Wildman–Crippen LogP) is 4.13. The second kappa shape index (κ2) is 5.58. The lowest BCUT2D eigenvalue weighted by atomic mass is 10.1. The number of phenols is 1. The van der Waals surface area contributed by atoms with Crippen molar-refractivity contribution >= 4 is 5.69 Å². The van der Waals surface area contributed by atoms with Crippen LogP contribution in [0.3, 0.4) is 0 Å². The summed E-state index contributed by atoms with van der Waals surface area (Å²) in [4.78, 5) is 0. The Labute approximate surface area is 108 Å². The number of anilines is 1. The Morgan fingerprint density at radius 2 is 1.89 bits per heavy atom. The highest BCUT2D eigenvalue weighted by Crippen LogP contribution is 2.22. The van der Waals surface area contributed by atoms with Crippen LogP contribution < -0.4 is 5.32 Å². The Bertz CT molecular complexity index is 522. The number of nitrogens with one attached hydrogen (secondary N) is 1. The molecule has 2 aromatic rings. The van der Waals surface area contributed by atoms with Gasteiger partial charge in [0, 0.05) is 11.7 Å². The van der Waals surface area contributed by atoms with E-state index >= 15 is 0 Å². The maximum Gasteiger partial charge on any atom is 0.115 e. The van der Waals surface area contributed by atoms with Gasteiger partial charge in [0.1, 0.15) is 5.75 Å². The molecule has 0 bridgehead atoms. The highest BCUT2D eigenvalue weighted by molar-refractivity contribution is 5.48. The lowest BCUT2D eigenvalue weighted by molar-refractivity contribution is 0.474. The lowest BCUT2D eigenvalue weighted by Gasteiger charge is -2.16. The van der Waals surface area contributed by atoms with Crippen LogP contribution in [0.25, 0.3) is 0 Å². The molecule has 94 valence electrons. The smallest absolute Gasteiger partial charge is 0.115 e. The van der Waals surface area contributed by atoms with Gasteiger partial charge in [-0.3, -0.25) is 0 Å². The number of aryl methyl sites for hydroxylation is 1. The van der Waals surface area contributed by atoms with E-state index < -0.39 is 0 Å². The Morgan fingerprint density at radius 1 is 1.11 bits per heavy atom. The SMILES string of the molecule is CCc1cccc(NC(C)c2cccc(O)c2)c1. The van der Waals surface area contributed by atoms with Gasteiger partial charge in [-0.1, -0.05) is 31.2 Å². The Balaban J connectivity index is 2.13. The zero-order valence-electron chi connectivity index (χ0n) is 10.9. The van der Waals surface area contributed by atoms with Crippen LogP contribution in [0.2, 0.25) is 0 Å². The zero-order chi connectivity index (χ0) is 13.0. The van der Waals surface area contributed by atoms with Gasteiger partial charge in [-0.25, -0.2) is 0 Å². The van der Waals surface area contributed by atoms with Gasteiger partial charge in [-0.05, 0) is 48.7 Å². The molecule has 0 saturated carbocycles. The van der Waals surface area contributed by atoms with Gasteiger partial charge in [0.2, 0.25) is 0 Å². The minimum atomic E-state index is 0.171. The number of phenolic OH excluding ortho intramolecular Hbond substituents is 1. The third kappa shape index (κ3) is 3.04. The molecular weight excluding hydrogens is 222 g/mol. The van der Waals surface area contributed by atoms with Crippen LogP contribution in [0.15, 0.2) is 48.5 Å². The highest BCUT2D eigenvalue weighted by Gasteiger charge is 2.05. The number of benzene rings is 2. The first kappa shape index (κ1) is 12.5. The van der Waals surface area contributed by atoms with Crippen LogP contribution in [-0.4, -0.2) is 5.11 Å². The summed E-state index contributed by atoms with van der Waals surface area (Å²) in [5.74, 6) is 0.309. The molecule has 18 heavy (non-hydrogen) atoms. The van der Waals surface area contributed by atoms with Crippen LogP contribution in [0.4, 0.5) is 5.69 Å². The average molecular weight is 241 g/mol. The quantitative estimate of drug-likeness (QED) is 0.843. The summed E-state index contributed by atoms with van der Waals surface area (Å²) in [5, 5.41) is 12.9. The first-order valence-corrected chi connectivity index (χ1v) is 6.33. The van der Waals surface area contributed by atoms with E-state index in [1.807, 2.05) is 12.1 Å². The number of rotatable bonds is 4. The second-order valence-electron chi connectivity index (χ2n) is 4.51. The molecule has 0 radical (unpaired) electrons. The summed E-state index contributed by atoms with van der Waals surface area (Å²) >= 11 is 0. The number of hydrogen-bond acceptors (Lipinski definition) is 2. The van der Waals surface area contributed by atoms with Gasteiger partial charge < -0.3 is 10.4 Å². The van der Waals surface area contributed by atoms with Gasteiger partial charge in [-0.15, -0.1) is 0 Å². The van der Waals surface area contributed by atoms with Crippen molar-refractivity contribution in [3.63, 3.8) is 0 Å². The van der Waals surface area contributed by atoms with Crippen LogP contribution in [-0.2, 0) is 6.42 Å². The van der Waals surface area contributed by atoms with E-state index in [4.69, 9.17) is 0 Å². The van der Waals surface area contributed by atoms with Gasteiger partial charge in [0.05, 0.1) is 0 Å². The lowest BCUT2D eigenvalue weighted by Crippen LogP contribution is -2.06. The van der Waals surface area contributed by atoms with Crippen molar-refractivity contribution in [2.75, 3.05) is 5.32 Å². The number of hydrogen-bond donors (Lipinski definition) is 2. The maximum absolute atomic E-state index is 9.48. The molecule has 0 aromatic heterocycles. The van der Waals surface area contributed by atoms with Gasteiger partial charge in [-0.2, -0.15) is 0 Å². The summed E-state index contributed by atoms with van der Waals surface area (Å²) in [5.41, 5.74) is 3.52. The summed E-state index contributed by atoms with van der Waals surface area (Å²) in [6.07, 6.45) is 1.04. The average Bonchev–Trinajstić information content (AvgIpc) is 2.39. The van der Waals surface area contributed by atoms with Crippen molar-refractivity contribution in [1.82, 2.24) is 0 Å². The first-order valence-electron chi connectivity index (χ1n) is 6.33. The van der Waals surface area contributed by atoms with Crippen molar-refractivity contribution in [2.24, 2.45) is 0 Å². The molecule has 0 fully saturated rings. The summed E-state index contributed by atoms with van der Waals surface area (Å²) in [6.45, 7) is 4.24. The largest absolute Gasteiger partial charge is 0.508 e. The van der Waals surface area contributed by atoms with Crippen molar-refractivity contribution in [2.45, 2.75) is 26.3 Å². The molecule has 1 atom stereocenters. The summed E-state index contributed by atoms with van der Waals surface area (Å²) in [7, 11) is 0. The molecule has 1 unspecified atom stereocenters. The Hall–Kier alpha value is -1.96. The minimum Gasteiger partial charge on any atom is -0.508 e. The van der Waals surface area contributed by atoms with E-state index in [0.717, 1.165) is 17.7 Å².